The second-order valence-electron chi connectivity index (χ2n) is 6.57. The number of nitriles is 1. The van der Waals surface area contributed by atoms with Crippen LogP contribution in [0.1, 0.15) is 43.5 Å². The van der Waals surface area contributed by atoms with Gasteiger partial charge in [0.05, 0.1) is 28.8 Å². The smallest absolute Gasteiger partial charge is 0.234 e. The van der Waals surface area contributed by atoms with Crippen LogP contribution >= 0.6 is 15.9 Å². The highest BCUT2D eigenvalue weighted by molar-refractivity contribution is 9.10. The molecule has 2 heterocycles. The number of aromatic nitrogens is 1. The molecule has 1 aromatic carbocycles. The number of nitrogens with one attached hydrogen (secondary N) is 1. The van der Waals surface area contributed by atoms with Crippen LogP contribution in [0.3, 0.4) is 0 Å². The molecular weight excluding hydrogens is 356 g/mol. The summed E-state index contributed by atoms with van der Waals surface area (Å²) >= 11 is 3.44. The van der Waals surface area contributed by atoms with E-state index in [9.17, 15) is 5.26 Å². The van der Waals surface area contributed by atoms with Crippen LogP contribution in [0.15, 0.2) is 44.7 Å². The zero-order chi connectivity index (χ0) is 16.8. The van der Waals surface area contributed by atoms with Crippen molar-refractivity contribution in [2.75, 3.05) is 5.32 Å². The molecule has 1 atom stereocenters. The summed E-state index contributed by atoms with van der Waals surface area (Å²) in [6.45, 7) is 6.20. The Kier molecular flexibility index (Phi) is 3.69. The molecule has 0 spiro atoms. The predicted molar refractivity (Wildman–Crippen MR) is 91.6 cm³/mol. The summed E-state index contributed by atoms with van der Waals surface area (Å²) in [6.07, 6.45) is 0. The van der Waals surface area contributed by atoms with Crippen molar-refractivity contribution in [3.05, 3.63) is 57.0 Å². The van der Waals surface area contributed by atoms with E-state index < -0.39 is 0 Å². The van der Waals surface area contributed by atoms with Crippen molar-refractivity contribution in [2.45, 2.75) is 32.1 Å². The molecular formula is C17H17BrN4O. The van der Waals surface area contributed by atoms with Crippen LogP contribution < -0.4 is 11.1 Å². The highest BCUT2D eigenvalue weighted by Crippen LogP contribution is 2.45. The number of hydrogen-bond acceptors (Lipinski definition) is 5. The maximum atomic E-state index is 9.62. The summed E-state index contributed by atoms with van der Waals surface area (Å²) in [5, 5.41) is 16.8. The Morgan fingerprint density at radius 1 is 1.30 bits per heavy atom. The van der Waals surface area contributed by atoms with Crippen LogP contribution in [-0.2, 0) is 5.41 Å². The molecule has 1 aliphatic rings. The lowest BCUT2D eigenvalue weighted by molar-refractivity contribution is 0.404. The summed E-state index contributed by atoms with van der Waals surface area (Å²) in [7, 11) is 0. The van der Waals surface area contributed by atoms with Gasteiger partial charge in [0.15, 0.2) is 0 Å². The average molecular weight is 373 g/mol. The first-order chi connectivity index (χ1) is 10.8. The Morgan fingerprint density at radius 2 is 1.96 bits per heavy atom. The Balaban J connectivity index is 2.26. The SMILES string of the molecule is CC(C)(C)c1noc2c1[C@@H](c1ccc(Br)cc1)C(C#N)=C(N)N2. The zero-order valence-electron chi connectivity index (χ0n) is 13.1. The average Bonchev–Trinajstić information content (AvgIpc) is 2.90. The van der Waals surface area contributed by atoms with Gasteiger partial charge in [-0.15, -0.1) is 0 Å². The van der Waals surface area contributed by atoms with E-state index in [0.717, 1.165) is 21.3 Å². The van der Waals surface area contributed by atoms with Gasteiger partial charge in [-0.1, -0.05) is 54.0 Å². The van der Waals surface area contributed by atoms with Crippen molar-refractivity contribution in [1.29, 1.82) is 5.26 Å². The summed E-state index contributed by atoms with van der Waals surface area (Å²) in [6, 6.07) is 10.1. The van der Waals surface area contributed by atoms with E-state index in [4.69, 9.17) is 10.3 Å². The largest absolute Gasteiger partial charge is 0.384 e. The number of anilines is 1. The van der Waals surface area contributed by atoms with Crippen LogP contribution in [0.25, 0.3) is 0 Å². The van der Waals surface area contributed by atoms with Crippen molar-refractivity contribution < 1.29 is 4.52 Å². The summed E-state index contributed by atoms with van der Waals surface area (Å²) in [4.78, 5) is 0. The highest BCUT2D eigenvalue weighted by Gasteiger charge is 2.38. The molecule has 0 bridgehead atoms. The van der Waals surface area contributed by atoms with Crippen LogP contribution in [0.5, 0.6) is 0 Å². The van der Waals surface area contributed by atoms with E-state index in [1.807, 2.05) is 24.3 Å². The standard InChI is InChI=1S/C17H17BrN4O/c1-17(2,3)14-13-12(9-4-6-10(18)7-5-9)11(8-19)15(20)21-16(13)23-22-14/h4-7,12,21H,20H2,1-3H3/t12-/m0/s1. The van der Waals surface area contributed by atoms with E-state index in [1.165, 1.54) is 0 Å². The molecule has 0 aliphatic carbocycles. The van der Waals surface area contributed by atoms with Crippen LogP contribution in [0, 0.1) is 11.3 Å². The quantitative estimate of drug-likeness (QED) is 0.789. The van der Waals surface area contributed by atoms with Gasteiger partial charge >= 0.3 is 0 Å². The van der Waals surface area contributed by atoms with Gasteiger partial charge in [0.1, 0.15) is 5.82 Å². The Bertz CT molecular complexity index is 822. The van der Waals surface area contributed by atoms with Crippen molar-refractivity contribution in [2.24, 2.45) is 5.73 Å². The molecule has 5 nitrogen and oxygen atoms in total. The van der Waals surface area contributed by atoms with Gasteiger partial charge in [0.2, 0.25) is 5.88 Å². The normalized spacial score (nSPS) is 17.4. The molecule has 0 amide bonds. The third-order valence-electron chi connectivity index (χ3n) is 3.88. The Morgan fingerprint density at radius 3 is 2.52 bits per heavy atom. The summed E-state index contributed by atoms with van der Waals surface area (Å²) < 4.78 is 6.44. The van der Waals surface area contributed by atoms with Crippen LogP contribution in [-0.4, -0.2) is 5.16 Å². The fraction of sp³-hybridized carbons (Fsp3) is 0.294. The van der Waals surface area contributed by atoms with Crippen molar-refractivity contribution >= 4 is 21.8 Å². The lowest BCUT2D eigenvalue weighted by Crippen LogP contribution is -2.25. The van der Waals surface area contributed by atoms with Crippen molar-refractivity contribution in [1.82, 2.24) is 5.16 Å². The predicted octanol–water partition coefficient (Wildman–Crippen LogP) is 3.99. The lowest BCUT2D eigenvalue weighted by Gasteiger charge is -2.27. The topological polar surface area (TPSA) is 87.9 Å². The second kappa shape index (κ2) is 5.43. The van der Waals surface area contributed by atoms with Gasteiger partial charge in [-0.2, -0.15) is 5.26 Å². The van der Waals surface area contributed by atoms with E-state index in [-0.39, 0.29) is 11.3 Å². The first-order valence-electron chi connectivity index (χ1n) is 7.25. The molecule has 6 heteroatoms. The molecule has 118 valence electrons. The van der Waals surface area contributed by atoms with Gasteiger partial charge in [-0.05, 0) is 17.7 Å². The first kappa shape index (κ1) is 15.6. The molecule has 0 saturated carbocycles. The maximum absolute atomic E-state index is 9.62. The van der Waals surface area contributed by atoms with Gasteiger partial charge in [0.25, 0.3) is 0 Å². The minimum absolute atomic E-state index is 0.209. The molecule has 1 aliphatic heterocycles. The number of fused-ring (bicyclic) bond motifs is 1. The van der Waals surface area contributed by atoms with Crippen molar-refractivity contribution in [3.63, 3.8) is 0 Å². The number of benzene rings is 1. The van der Waals surface area contributed by atoms with E-state index in [0.29, 0.717) is 17.3 Å². The van der Waals surface area contributed by atoms with Crippen LogP contribution in [0.2, 0.25) is 0 Å². The van der Waals surface area contributed by atoms with E-state index in [2.05, 4.69) is 53.2 Å². The fourth-order valence-corrected chi connectivity index (χ4v) is 3.06. The number of halogens is 1. The molecule has 0 unspecified atom stereocenters. The summed E-state index contributed by atoms with van der Waals surface area (Å²) in [5.74, 6) is 0.536. The molecule has 23 heavy (non-hydrogen) atoms. The van der Waals surface area contributed by atoms with Gasteiger partial charge in [-0.3, -0.25) is 0 Å². The summed E-state index contributed by atoms with van der Waals surface area (Å²) in [5.41, 5.74) is 8.98. The molecule has 0 radical (unpaired) electrons. The molecule has 3 N–H and O–H groups in total. The second-order valence-corrected chi connectivity index (χ2v) is 7.49. The maximum Gasteiger partial charge on any atom is 0.234 e. The molecule has 0 fully saturated rings. The molecule has 1 aromatic heterocycles. The minimum atomic E-state index is -0.287. The van der Waals surface area contributed by atoms with Gasteiger partial charge in [0, 0.05) is 9.89 Å². The number of nitrogens with zero attached hydrogens (tertiary/aromatic N) is 2. The van der Waals surface area contributed by atoms with E-state index in [1.54, 1.807) is 0 Å². The number of hydrogen-bond donors (Lipinski definition) is 2. The van der Waals surface area contributed by atoms with Gasteiger partial charge in [-0.25, -0.2) is 0 Å². The minimum Gasteiger partial charge on any atom is -0.384 e. The third-order valence-corrected chi connectivity index (χ3v) is 4.41. The first-order valence-corrected chi connectivity index (χ1v) is 8.04. The van der Waals surface area contributed by atoms with E-state index >= 15 is 0 Å². The fourth-order valence-electron chi connectivity index (χ4n) is 2.80. The van der Waals surface area contributed by atoms with Gasteiger partial charge < -0.3 is 15.6 Å². The molecule has 3 rings (SSSR count). The highest BCUT2D eigenvalue weighted by atomic mass is 79.9. The third kappa shape index (κ3) is 2.62. The number of rotatable bonds is 1. The lowest BCUT2D eigenvalue weighted by atomic mass is 9.78. The van der Waals surface area contributed by atoms with Crippen LogP contribution in [0.4, 0.5) is 5.88 Å². The monoisotopic (exact) mass is 372 g/mol. The molecule has 2 aromatic rings. The number of allylic oxidation sites excluding steroid dienone is 1. The van der Waals surface area contributed by atoms with Crippen molar-refractivity contribution in [3.8, 4) is 6.07 Å². The zero-order valence-corrected chi connectivity index (χ0v) is 14.7. The number of nitrogens with two attached hydrogens (primary N) is 1. The Labute approximate surface area is 143 Å². The Hall–Kier alpha value is -2.26. The molecule has 0 saturated heterocycles.